The lowest BCUT2D eigenvalue weighted by Gasteiger charge is -2.07. The van der Waals surface area contributed by atoms with Crippen LogP contribution in [0.1, 0.15) is 16.2 Å². The lowest BCUT2D eigenvalue weighted by atomic mass is 10.1. The van der Waals surface area contributed by atoms with Crippen molar-refractivity contribution < 1.29 is 14.2 Å². The molecule has 3 rings (SSSR count). The summed E-state index contributed by atoms with van der Waals surface area (Å²) in [6.45, 7) is 2.33. The van der Waals surface area contributed by atoms with E-state index in [9.17, 15) is 4.79 Å². The molecule has 112 valence electrons. The van der Waals surface area contributed by atoms with Crippen LogP contribution in [0.2, 0.25) is 0 Å². The average Bonchev–Trinajstić information content (AvgIpc) is 2.96. The van der Waals surface area contributed by atoms with Crippen LogP contribution in [0, 0.1) is 6.92 Å². The third-order valence-corrected chi connectivity index (χ3v) is 3.13. The summed E-state index contributed by atoms with van der Waals surface area (Å²) in [6.07, 6.45) is 1.62. The second-order valence-electron chi connectivity index (χ2n) is 4.64. The summed E-state index contributed by atoms with van der Waals surface area (Å²) in [5, 5.41) is 11.8. The molecule has 22 heavy (non-hydrogen) atoms. The van der Waals surface area contributed by atoms with Gasteiger partial charge in [-0.1, -0.05) is 29.4 Å². The van der Waals surface area contributed by atoms with Crippen molar-refractivity contribution >= 4 is 16.7 Å². The van der Waals surface area contributed by atoms with Crippen molar-refractivity contribution in [3.8, 4) is 5.88 Å². The molecule has 0 saturated heterocycles. The molecule has 7 nitrogen and oxygen atoms in total. The van der Waals surface area contributed by atoms with Gasteiger partial charge in [0, 0.05) is 11.6 Å². The van der Waals surface area contributed by atoms with Crippen LogP contribution in [-0.2, 0) is 0 Å². The monoisotopic (exact) mass is 298 g/mol. The average molecular weight is 298 g/mol. The maximum absolute atomic E-state index is 12.2. The first-order chi connectivity index (χ1) is 10.8. The minimum absolute atomic E-state index is 0.240. The molecular weight excluding hydrogens is 284 g/mol. The van der Waals surface area contributed by atoms with Gasteiger partial charge in [-0.3, -0.25) is 9.78 Å². The number of aromatic nitrogens is 3. The molecule has 0 bridgehead atoms. The van der Waals surface area contributed by atoms with Crippen molar-refractivity contribution in [3.63, 3.8) is 0 Å². The molecule has 0 fully saturated rings. The number of hydrogen-bond acceptors (Lipinski definition) is 6. The van der Waals surface area contributed by atoms with Crippen molar-refractivity contribution in [1.82, 2.24) is 20.6 Å². The zero-order chi connectivity index (χ0) is 15.4. The Balaban J connectivity index is 1.61. The number of pyridine rings is 1. The number of carbonyl (C=O) groups excluding carboxylic acids is 1. The van der Waals surface area contributed by atoms with Crippen LogP contribution in [0.4, 0.5) is 0 Å². The van der Waals surface area contributed by atoms with Gasteiger partial charge in [-0.05, 0) is 23.5 Å². The Labute approximate surface area is 126 Å². The van der Waals surface area contributed by atoms with Gasteiger partial charge < -0.3 is 10.1 Å². The smallest absolute Gasteiger partial charge is 0.278 e. The van der Waals surface area contributed by atoms with E-state index in [0.717, 1.165) is 10.8 Å². The van der Waals surface area contributed by atoms with Gasteiger partial charge in [-0.2, -0.15) is 0 Å². The summed E-state index contributed by atoms with van der Waals surface area (Å²) >= 11 is 0. The number of fused-ring (bicyclic) bond motifs is 1. The van der Waals surface area contributed by atoms with E-state index in [-0.39, 0.29) is 12.5 Å². The Bertz CT molecular complexity index is 795. The first-order valence-electron chi connectivity index (χ1n) is 6.79. The molecule has 1 aromatic carbocycles. The van der Waals surface area contributed by atoms with Gasteiger partial charge in [-0.25, -0.2) is 4.63 Å². The molecule has 7 heteroatoms. The van der Waals surface area contributed by atoms with Gasteiger partial charge in [0.1, 0.15) is 18.0 Å². The molecule has 0 aliphatic heterocycles. The number of amides is 1. The first-order valence-corrected chi connectivity index (χ1v) is 6.79. The minimum atomic E-state index is -0.240. The van der Waals surface area contributed by atoms with Crippen LogP contribution in [0.15, 0.2) is 41.2 Å². The van der Waals surface area contributed by atoms with Gasteiger partial charge >= 0.3 is 0 Å². The molecular formula is C15H14N4O3. The molecule has 0 unspecified atom stereocenters. The zero-order valence-corrected chi connectivity index (χ0v) is 11.9. The standard InChI is InChI=1S/C15H14N4O3/c1-10-15(19-22-18-10)21-9-8-17-14(20)13-12-5-3-2-4-11(12)6-7-16-13/h2-7H,8-9H2,1H3,(H,17,20). The quantitative estimate of drug-likeness (QED) is 0.721. The summed E-state index contributed by atoms with van der Waals surface area (Å²) in [7, 11) is 0. The van der Waals surface area contributed by atoms with Crippen LogP contribution >= 0.6 is 0 Å². The summed E-state index contributed by atoms with van der Waals surface area (Å²) in [6, 6.07) is 9.49. The first kappa shape index (κ1) is 14.0. The number of nitrogens with one attached hydrogen (secondary N) is 1. The molecule has 0 spiro atoms. The molecule has 0 aliphatic rings. The molecule has 2 heterocycles. The fourth-order valence-corrected chi connectivity index (χ4v) is 2.05. The van der Waals surface area contributed by atoms with Crippen LogP contribution in [0.25, 0.3) is 10.8 Å². The molecule has 0 radical (unpaired) electrons. The van der Waals surface area contributed by atoms with Gasteiger partial charge in [0.25, 0.3) is 11.8 Å². The van der Waals surface area contributed by atoms with Gasteiger partial charge in [0.15, 0.2) is 0 Å². The molecule has 2 aromatic heterocycles. The summed E-state index contributed by atoms with van der Waals surface area (Å²) in [4.78, 5) is 16.4. The van der Waals surface area contributed by atoms with Crippen molar-refractivity contribution in [2.45, 2.75) is 6.92 Å². The number of carbonyl (C=O) groups is 1. The summed E-state index contributed by atoms with van der Waals surface area (Å²) in [5.41, 5.74) is 0.972. The predicted molar refractivity (Wildman–Crippen MR) is 78.6 cm³/mol. The lowest BCUT2D eigenvalue weighted by Crippen LogP contribution is -2.29. The fourth-order valence-electron chi connectivity index (χ4n) is 2.05. The van der Waals surface area contributed by atoms with Crippen LogP contribution < -0.4 is 10.1 Å². The summed E-state index contributed by atoms with van der Waals surface area (Å²) < 4.78 is 9.87. The van der Waals surface area contributed by atoms with Crippen LogP contribution in [0.3, 0.4) is 0 Å². The molecule has 3 aromatic rings. The topological polar surface area (TPSA) is 90.1 Å². The van der Waals surface area contributed by atoms with Crippen LogP contribution in [-0.4, -0.2) is 34.4 Å². The van der Waals surface area contributed by atoms with E-state index in [2.05, 4.69) is 25.2 Å². The van der Waals surface area contributed by atoms with Gasteiger partial charge in [0.2, 0.25) is 0 Å². The third kappa shape index (κ3) is 2.88. The maximum atomic E-state index is 12.2. The number of hydrogen-bond donors (Lipinski definition) is 1. The van der Waals surface area contributed by atoms with E-state index in [1.807, 2.05) is 30.3 Å². The molecule has 0 aliphatic carbocycles. The normalized spacial score (nSPS) is 10.6. The van der Waals surface area contributed by atoms with Crippen molar-refractivity contribution in [3.05, 3.63) is 47.9 Å². The Kier molecular flexibility index (Phi) is 3.95. The van der Waals surface area contributed by atoms with E-state index >= 15 is 0 Å². The minimum Gasteiger partial charge on any atom is -0.472 e. The second-order valence-corrected chi connectivity index (χ2v) is 4.64. The van der Waals surface area contributed by atoms with E-state index in [4.69, 9.17) is 4.74 Å². The molecule has 1 amide bonds. The van der Waals surface area contributed by atoms with E-state index in [1.54, 1.807) is 13.1 Å². The van der Waals surface area contributed by atoms with Crippen molar-refractivity contribution in [2.75, 3.05) is 13.2 Å². The van der Waals surface area contributed by atoms with Crippen molar-refractivity contribution in [1.29, 1.82) is 0 Å². The predicted octanol–water partition coefficient (Wildman–Crippen LogP) is 1.74. The van der Waals surface area contributed by atoms with E-state index < -0.39 is 0 Å². The maximum Gasteiger partial charge on any atom is 0.278 e. The molecule has 0 atom stereocenters. The highest BCUT2D eigenvalue weighted by atomic mass is 16.6. The third-order valence-electron chi connectivity index (χ3n) is 3.13. The van der Waals surface area contributed by atoms with Crippen molar-refractivity contribution in [2.24, 2.45) is 0 Å². The number of nitrogens with zero attached hydrogens (tertiary/aromatic N) is 3. The SMILES string of the molecule is Cc1nonc1OCCNC(=O)c1nccc2ccccc12. The number of ether oxygens (including phenoxy) is 1. The van der Waals surface area contributed by atoms with E-state index in [0.29, 0.717) is 23.8 Å². The highest BCUT2D eigenvalue weighted by Crippen LogP contribution is 2.16. The Hall–Kier alpha value is -2.96. The van der Waals surface area contributed by atoms with Gasteiger partial charge in [-0.15, -0.1) is 0 Å². The fraction of sp³-hybridized carbons (Fsp3) is 0.200. The van der Waals surface area contributed by atoms with E-state index in [1.165, 1.54) is 0 Å². The Morgan fingerprint density at radius 1 is 1.27 bits per heavy atom. The highest BCUT2D eigenvalue weighted by molar-refractivity contribution is 6.05. The number of aryl methyl sites for hydroxylation is 1. The Morgan fingerprint density at radius 2 is 2.14 bits per heavy atom. The largest absolute Gasteiger partial charge is 0.472 e. The van der Waals surface area contributed by atoms with Crippen LogP contribution in [0.5, 0.6) is 5.88 Å². The number of benzene rings is 1. The summed E-state index contributed by atoms with van der Waals surface area (Å²) in [5.74, 6) is 0.0907. The molecule has 0 saturated carbocycles. The molecule has 1 N–H and O–H groups in total. The second kappa shape index (κ2) is 6.21. The highest BCUT2D eigenvalue weighted by Gasteiger charge is 2.11. The zero-order valence-electron chi connectivity index (χ0n) is 11.9. The number of rotatable bonds is 5. The van der Waals surface area contributed by atoms with Gasteiger partial charge in [0.05, 0.1) is 6.54 Å². The lowest BCUT2D eigenvalue weighted by molar-refractivity contribution is 0.0943. The Morgan fingerprint density at radius 3 is 2.95 bits per heavy atom.